The number of hydrogen-bond donors (Lipinski definition) is 0. The molecule has 0 bridgehead atoms. The maximum absolute atomic E-state index is 11.6. The van der Waals surface area contributed by atoms with Gasteiger partial charge >= 0.3 is 0 Å². The van der Waals surface area contributed by atoms with E-state index in [0.29, 0.717) is 12.3 Å². The van der Waals surface area contributed by atoms with Crippen LogP contribution in [0.25, 0.3) is 0 Å². The third-order valence-corrected chi connectivity index (χ3v) is 2.29. The van der Waals surface area contributed by atoms with Crippen LogP contribution in [0, 0.1) is 5.92 Å². The fourth-order valence-corrected chi connectivity index (χ4v) is 1.39. The van der Waals surface area contributed by atoms with Crippen molar-refractivity contribution < 1.29 is 4.79 Å². The number of carbonyl (C=O) groups is 1. The summed E-state index contributed by atoms with van der Waals surface area (Å²) in [4.78, 5) is 11.6. The number of rotatable bonds is 3. The van der Waals surface area contributed by atoms with Crippen LogP contribution in [-0.2, 0) is 0 Å². The van der Waals surface area contributed by atoms with Crippen molar-refractivity contribution in [2.75, 3.05) is 0 Å². The van der Waals surface area contributed by atoms with Gasteiger partial charge in [0.2, 0.25) is 0 Å². The highest BCUT2D eigenvalue weighted by molar-refractivity contribution is 9.10. The Morgan fingerprint density at radius 3 is 2.31 bits per heavy atom. The molecule has 1 aromatic rings. The first kappa shape index (κ1) is 10.5. The molecule has 0 unspecified atom stereocenters. The molecule has 0 aliphatic heterocycles. The number of benzene rings is 1. The van der Waals surface area contributed by atoms with E-state index in [-0.39, 0.29) is 5.78 Å². The predicted octanol–water partition coefficient (Wildman–Crippen LogP) is 3.68. The second-order valence-electron chi connectivity index (χ2n) is 3.53. The van der Waals surface area contributed by atoms with Gasteiger partial charge in [-0.25, -0.2) is 0 Å². The van der Waals surface area contributed by atoms with E-state index >= 15 is 0 Å². The van der Waals surface area contributed by atoms with Crippen molar-refractivity contribution in [2.24, 2.45) is 5.92 Å². The summed E-state index contributed by atoms with van der Waals surface area (Å²) in [5.74, 6) is 0.652. The molecule has 2 heteroatoms. The number of halogens is 1. The van der Waals surface area contributed by atoms with E-state index in [1.807, 2.05) is 24.3 Å². The molecule has 0 radical (unpaired) electrons. The number of Topliss-reactive ketones (excluding diaryl/α,β-unsaturated/α-hetero) is 1. The Morgan fingerprint density at radius 1 is 1.31 bits per heavy atom. The first-order valence-corrected chi connectivity index (χ1v) is 5.17. The Labute approximate surface area is 87.3 Å². The summed E-state index contributed by atoms with van der Waals surface area (Å²) in [6, 6.07) is 7.50. The predicted molar refractivity (Wildman–Crippen MR) is 57.9 cm³/mol. The molecule has 1 rings (SSSR count). The molecule has 0 atom stereocenters. The van der Waals surface area contributed by atoms with Crippen LogP contribution in [0.2, 0.25) is 0 Å². The third-order valence-electron chi connectivity index (χ3n) is 1.76. The van der Waals surface area contributed by atoms with E-state index in [1.54, 1.807) is 0 Å². The van der Waals surface area contributed by atoms with Gasteiger partial charge in [-0.05, 0) is 18.1 Å². The summed E-state index contributed by atoms with van der Waals surface area (Å²) in [5.41, 5.74) is 0.803. The standard InChI is InChI=1S/C11H13BrO/c1-8(2)7-11(13)9-3-5-10(12)6-4-9/h3-6,8H,7H2,1-2H3. The molecule has 70 valence electrons. The largest absolute Gasteiger partial charge is 0.294 e. The highest BCUT2D eigenvalue weighted by atomic mass is 79.9. The summed E-state index contributed by atoms with van der Waals surface area (Å²) in [7, 11) is 0. The summed E-state index contributed by atoms with van der Waals surface area (Å²) in [6.07, 6.45) is 0.627. The zero-order valence-corrected chi connectivity index (χ0v) is 9.47. The van der Waals surface area contributed by atoms with Crippen LogP contribution in [-0.4, -0.2) is 5.78 Å². The fourth-order valence-electron chi connectivity index (χ4n) is 1.12. The van der Waals surface area contributed by atoms with Gasteiger partial charge < -0.3 is 0 Å². The van der Waals surface area contributed by atoms with Gasteiger partial charge in [-0.3, -0.25) is 4.79 Å². The van der Waals surface area contributed by atoms with Crippen molar-refractivity contribution >= 4 is 21.7 Å². The number of ketones is 1. The van der Waals surface area contributed by atoms with Crippen molar-refractivity contribution in [3.8, 4) is 0 Å². The van der Waals surface area contributed by atoms with Crippen LogP contribution in [0.5, 0.6) is 0 Å². The van der Waals surface area contributed by atoms with Crippen molar-refractivity contribution in [2.45, 2.75) is 20.3 Å². The number of hydrogen-bond acceptors (Lipinski definition) is 1. The summed E-state index contributed by atoms with van der Waals surface area (Å²) in [6.45, 7) is 4.10. The second-order valence-corrected chi connectivity index (χ2v) is 4.44. The Balaban J connectivity index is 2.72. The molecule has 0 aliphatic carbocycles. The Morgan fingerprint density at radius 2 is 1.85 bits per heavy atom. The summed E-state index contributed by atoms with van der Waals surface area (Å²) >= 11 is 3.33. The van der Waals surface area contributed by atoms with Gasteiger partial charge in [0.1, 0.15) is 0 Å². The molecule has 0 heterocycles. The zero-order chi connectivity index (χ0) is 9.84. The second kappa shape index (κ2) is 4.56. The molecule has 13 heavy (non-hydrogen) atoms. The molecule has 0 fully saturated rings. The van der Waals surface area contributed by atoms with Crippen LogP contribution in [0.15, 0.2) is 28.7 Å². The van der Waals surface area contributed by atoms with Crippen LogP contribution >= 0.6 is 15.9 Å². The van der Waals surface area contributed by atoms with Gasteiger partial charge in [0.15, 0.2) is 5.78 Å². The Kier molecular flexibility index (Phi) is 3.67. The SMILES string of the molecule is CC(C)CC(=O)c1ccc(Br)cc1. The Hall–Kier alpha value is -0.630. The average molecular weight is 241 g/mol. The van der Waals surface area contributed by atoms with Gasteiger partial charge in [-0.15, -0.1) is 0 Å². The normalized spacial score (nSPS) is 10.5. The zero-order valence-electron chi connectivity index (χ0n) is 7.88. The minimum Gasteiger partial charge on any atom is -0.294 e. The monoisotopic (exact) mass is 240 g/mol. The molecule has 1 aromatic carbocycles. The Bertz CT molecular complexity index is 287. The highest BCUT2D eigenvalue weighted by Crippen LogP contribution is 2.13. The first-order chi connectivity index (χ1) is 6.09. The van der Waals surface area contributed by atoms with Gasteiger partial charge in [-0.2, -0.15) is 0 Å². The molecule has 0 saturated heterocycles. The van der Waals surface area contributed by atoms with Crippen LogP contribution in [0.1, 0.15) is 30.6 Å². The number of carbonyl (C=O) groups excluding carboxylic acids is 1. The molecular formula is C11H13BrO. The molecule has 0 amide bonds. The smallest absolute Gasteiger partial charge is 0.163 e. The van der Waals surface area contributed by atoms with Crippen molar-refractivity contribution in [1.29, 1.82) is 0 Å². The lowest BCUT2D eigenvalue weighted by atomic mass is 10.0. The van der Waals surface area contributed by atoms with Gasteiger partial charge in [-0.1, -0.05) is 41.9 Å². The van der Waals surface area contributed by atoms with Crippen molar-refractivity contribution in [3.05, 3.63) is 34.3 Å². The van der Waals surface area contributed by atoms with E-state index in [4.69, 9.17) is 0 Å². The fraction of sp³-hybridized carbons (Fsp3) is 0.364. The highest BCUT2D eigenvalue weighted by Gasteiger charge is 2.07. The molecule has 1 nitrogen and oxygen atoms in total. The van der Waals surface area contributed by atoms with Gasteiger partial charge in [0.25, 0.3) is 0 Å². The van der Waals surface area contributed by atoms with Crippen LogP contribution in [0.3, 0.4) is 0 Å². The average Bonchev–Trinajstić information content (AvgIpc) is 2.04. The lowest BCUT2D eigenvalue weighted by Crippen LogP contribution is -2.02. The third kappa shape index (κ3) is 3.31. The lowest BCUT2D eigenvalue weighted by molar-refractivity contribution is 0.0968. The molecule has 0 aromatic heterocycles. The van der Waals surface area contributed by atoms with E-state index < -0.39 is 0 Å². The van der Waals surface area contributed by atoms with E-state index in [0.717, 1.165) is 10.0 Å². The molecule has 0 N–H and O–H groups in total. The summed E-state index contributed by atoms with van der Waals surface area (Å²) in [5, 5.41) is 0. The molecular weight excluding hydrogens is 228 g/mol. The van der Waals surface area contributed by atoms with Gasteiger partial charge in [0, 0.05) is 16.5 Å². The van der Waals surface area contributed by atoms with E-state index in [2.05, 4.69) is 29.8 Å². The van der Waals surface area contributed by atoms with Crippen LogP contribution < -0.4 is 0 Å². The minimum absolute atomic E-state index is 0.225. The van der Waals surface area contributed by atoms with Gasteiger partial charge in [0.05, 0.1) is 0 Å². The van der Waals surface area contributed by atoms with Crippen molar-refractivity contribution in [3.63, 3.8) is 0 Å². The minimum atomic E-state index is 0.225. The molecule has 0 saturated carbocycles. The molecule has 0 spiro atoms. The summed E-state index contributed by atoms with van der Waals surface area (Å²) < 4.78 is 1.01. The van der Waals surface area contributed by atoms with Crippen molar-refractivity contribution in [1.82, 2.24) is 0 Å². The topological polar surface area (TPSA) is 17.1 Å². The lowest BCUT2D eigenvalue weighted by Gasteiger charge is -2.03. The van der Waals surface area contributed by atoms with E-state index in [9.17, 15) is 4.79 Å². The quantitative estimate of drug-likeness (QED) is 0.738. The first-order valence-electron chi connectivity index (χ1n) is 4.38. The van der Waals surface area contributed by atoms with Crippen LogP contribution in [0.4, 0.5) is 0 Å². The van der Waals surface area contributed by atoms with E-state index in [1.165, 1.54) is 0 Å². The maximum Gasteiger partial charge on any atom is 0.163 e. The molecule has 0 aliphatic rings. The maximum atomic E-state index is 11.6.